The SMILES string of the molecule is CC(C)C(Br)CCc1cnnn1-c1ccccc1. The van der Waals surface area contributed by atoms with E-state index in [-0.39, 0.29) is 0 Å². The molecule has 0 radical (unpaired) electrons. The highest BCUT2D eigenvalue weighted by Crippen LogP contribution is 2.19. The second-order valence-electron chi connectivity index (χ2n) is 4.77. The average Bonchev–Trinajstić information content (AvgIpc) is 2.85. The summed E-state index contributed by atoms with van der Waals surface area (Å²) in [4.78, 5) is 0.539. The minimum absolute atomic E-state index is 0.539. The molecule has 0 saturated carbocycles. The number of hydrogen-bond donors (Lipinski definition) is 0. The van der Waals surface area contributed by atoms with Crippen LogP contribution in [0.5, 0.6) is 0 Å². The van der Waals surface area contributed by atoms with Crippen LogP contribution in [0.4, 0.5) is 0 Å². The summed E-state index contributed by atoms with van der Waals surface area (Å²) in [5, 5.41) is 8.18. The monoisotopic (exact) mass is 307 g/mol. The molecule has 1 aromatic carbocycles. The van der Waals surface area contributed by atoms with Crippen LogP contribution in [0, 0.1) is 5.92 Å². The van der Waals surface area contributed by atoms with Gasteiger partial charge < -0.3 is 0 Å². The summed E-state index contributed by atoms with van der Waals surface area (Å²) in [6.45, 7) is 4.46. The number of aromatic nitrogens is 3. The third kappa shape index (κ3) is 3.19. The predicted molar refractivity (Wildman–Crippen MR) is 77.2 cm³/mol. The molecule has 0 N–H and O–H groups in total. The van der Waals surface area contributed by atoms with E-state index in [1.165, 1.54) is 0 Å². The third-order valence-electron chi connectivity index (χ3n) is 3.02. The molecule has 1 atom stereocenters. The fraction of sp³-hybridized carbons (Fsp3) is 0.429. The van der Waals surface area contributed by atoms with Gasteiger partial charge in [-0.25, -0.2) is 4.68 Å². The zero-order chi connectivity index (χ0) is 13.0. The Bertz CT molecular complexity index is 479. The lowest BCUT2D eigenvalue weighted by Gasteiger charge is -2.13. The topological polar surface area (TPSA) is 30.7 Å². The smallest absolute Gasteiger partial charge is 0.0729 e. The second-order valence-corrected chi connectivity index (χ2v) is 5.95. The summed E-state index contributed by atoms with van der Waals surface area (Å²) in [5.74, 6) is 0.644. The molecule has 4 heteroatoms. The number of hydrogen-bond acceptors (Lipinski definition) is 2. The van der Waals surface area contributed by atoms with Crippen molar-refractivity contribution >= 4 is 15.9 Å². The maximum absolute atomic E-state index is 4.16. The van der Waals surface area contributed by atoms with Crippen LogP contribution in [-0.2, 0) is 6.42 Å². The minimum atomic E-state index is 0.539. The molecule has 0 saturated heterocycles. The Morgan fingerprint density at radius 2 is 1.94 bits per heavy atom. The van der Waals surface area contributed by atoms with Crippen LogP contribution in [0.1, 0.15) is 26.0 Å². The van der Waals surface area contributed by atoms with Crippen LogP contribution in [0.25, 0.3) is 5.69 Å². The molecule has 2 aromatic rings. The number of nitrogens with zero attached hydrogens (tertiary/aromatic N) is 3. The van der Waals surface area contributed by atoms with E-state index in [0.29, 0.717) is 10.7 Å². The first-order valence-corrected chi connectivity index (χ1v) is 7.19. The predicted octanol–water partition coefficient (Wildman–Crippen LogP) is 3.62. The van der Waals surface area contributed by atoms with Gasteiger partial charge in [0.15, 0.2) is 0 Å². The van der Waals surface area contributed by atoms with Crippen molar-refractivity contribution in [3.63, 3.8) is 0 Å². The van der Waals surface area contributed by atoms with E-state index in [9.17, 15) is 0 Å². The van der Waals surface area contributed by atoms with Crippen LogP contribution in [-0.4, -0.2) is 19.8 Å². The van der Waals surface area contributed by atoms with Gasteiger partial charge in [-0.3, -0.25) is 0 Å². The van der Waals surface area contributed by atoms with Crippen LogP contribution >= 0.6 is 15.9 Å². The molecule has 18 heavy (non-hydrogen) atoms. The first-order valence-electron chi connectivity index (χ1n) is 6.27. The van der Waals surface area contributed by atoms with E-state index in [1.807, 2.05) is 41.2 Å². The summed E-state index contributed by atoms with van der Waals surface area (Å²) in [6.07, 6.45) is 3.93. The molecular formula is C14H18BrN3. The number of halogens is 1. The molecule has 96 valence electrons. The quantitative estimate of drug-likeness (QED) is 0.790. The van der Waals surface area contributed by atoms with E-state index < -0.39 is 0 Å². The standard InChI is InChI=1S/C14H18BrN3/c1-11(2)14(15)9-8-13-10-16-17-18(13)12-6-4-3-5-7-12/h3-7,10-11,14H,8-9H2,1-2H3. The first kappa shape index (κ1) is 13.3. The van der Waals surface area contributed by atoms with Gasteiger partial charge in [-0.05, 0) is 30.9 Å². The summed E-state index contributed by atoms with van der Waals surface area (Å²) in [6, 6.07) is 10.1. The van der Waals surface area contributed by atoms with Gasteiger partial charge >= 0.3 is 0 Å². The molecule has 0 bridgehead atoms. The number of alkyl halides is 1. The van der Waals surface area contributed by atoms with Crippen molar-refractivity contribution in [2.75, 3.05) is 0 Å². The number of para-hydroxylation sites is 1. The number of rotatable bonds is 5. The lowest BCUT2D eigenvalue weighted by Crippen LogP contribution is -2.10. The van der Waals surface area contributed by atoms with E-state index in [0.717, 1.165) is 24.2 Å². The van der Waals surface area contributed by atoms with Crippen LogP contribution < -0.4 is 0 Å². The Balaban J connectivity index is 2.09. The lowest BCUT2D eigenvalue weighted by atomic mass is 10.1. The van der Waals surface area contributed by atoms with E-state index in [4.69, 9.17) is 0 Å². The minimum Gasteiger partial charge on any atom is -0.218 e. The molecule has 0 aliphatic rings. The van der Waals surface area contributed by atoms with Crippen molar-refractivity contribution < 1.29 is 0 Å². The molecule has 1 heterocycles. The summed E-state index contributed by atoms with van der Waals surface area (Å²) in [5.41, 5.74) is 2.23. The van der Waals surface area contributed by atoms with Crippen molar-refractivity contribution in [1.29, 1.82) is 0 Å². The van der Waals surface area contributed by atoms with E-state index >= 15 is 0 Å². The molecular weight excluding hydrogens is 290 g/mol. The maximum atomic E-state index is 4.16. The number of benzene rings is 1. The van der Waals surface area contributed by atoms with Gasteiger partial charge in [0.05, 0.1) is 17.6 Å². The van der Waals surface area contributed by atoms with Crippen LogP contribution in [0.15, 0.2) is 36.5 Å². The Morgan fingerprint density at radius 1 is 1.22 bits per heavy atom. The average molecular weight is 308 g/mol. The van der Waals surface area contributed by atoms with Crippen molar-refractivity contribution in [2.45, 2.75) is 31.5 Å². The zero-order valence-corrected chi connectivity index (χ0v) is 12.3. The van der Waals surface area contributed by atoms with Crippen molar-refractivity contribution in [2.24, 2.45) is 5.92 Å². The van der Waals surface area contributed by atoms with Gasteiger partial charge in [0.25, 0.3) is 0 Å². The van der Waals surface area contributed by atoms with Gasteiger partial charge in [0, 0.05) is 4.83 Å². The molecule has 2 rings (SSSR count). The largest absolute Gasteiger partial charge is 0.218 e. The van der Waals surface area contributed by atoms with Crippen LogP contribution in [0.3, 0.4) is 0 Å². The molecule has 0 fully saturated rings. The van der Waals surface area contributed by atoms with Crippen LogP contribution in [0.2, 0.25) is 0 Å². The summed E-state index contributed by atoms with van der Waals surface area (Å²) in [7, 11) is 0. The maximum Gasteiger partial charge on any atom is 0.0729 e. The van der Waals surface area contributed by atoms with Gasteiger partial charge in [-0.15, -0.1) is 5.10 Å². The molecule has 0 aliphatic carbocycles. The highest BCUT2D eigenvalue weighted by molar-refractivity contribution is 9.09. The summed E-state index contributed by atoms with van der Waals surface area (Å²) >= 11 is 3.72. The van der Waals surface area contributed by atoms with E-state index in [1.54, 1.807) is 0 Å². The van der Waals surface area contributed by atoms with Gasteiger partial charge in [-0.2, -0.15) is 0 Å². The third-order valence-corrected chi connectivity index (χ3v) is 4.54. The molecule has 1 aromatic heterocycles. The van der Waals surface area contributed by atoms with Gasteiger partial charge in [0.1, 0.15) is 0 Å². The van der Waals surface area contributed by atoms with Gasteiger partial charge in [0.2, 0.25) is 0 Å². The summed E-state index contributed by atoms with van der Waals surface area (Å²) < 4.78 is 1.92. The van der Waals surface area contributed by atoms with Gasteiger partial charge in [-0.1, -0.05) is 53.2 Å². The van der Waals surface area contributed by atoms with Crippen molar-refractivity contribution in [1.82, 2.24) is 15.0 Å². The Kier molecular flexibility index (Phi) is 4.53. The first-order chi connectivity index (χ1) is 8.68. The second kappa shape index (κ2) is 6.14. The number of aryl methyl sites for hydroxylation is 1. The molecule has 0 aliphatic heterocycles. The Morgan fingerprint density at radius 3 is 2.61 bits per heavy atom. The lowest BCUT2D eigenvalue weighted by molar-refractivity contribution is 0.573. The zero-order valence-electron chi connectivity index (χ0n) is 10.8. The highest BCUT2D eigenvalue weighted by atomic mass is 79.9. The Labute approximate surface area is 116 Å². The molecule has 1 unspecified atom stereocenters. The normalized spacial score (nSPS) is 12.9. The molecule has 0 spiro atoms. The highest BCUT2D eigenvalue weighted by Gasteiger charge is 2.12. The molecule has 3 nitrogen and oxygen atoms in total. The fourth-order valence-electron chi connectivity index (χ4n) is 1.83. The van der Waals surface area contributed by atoms with E-state index in [2.05, 4.69) is 40.1 Å². The van der Waals surface area contributed by atoms with Crippen molar-refractivity contribution in [3.05, 3.63) is 42.2 Å². The molecule has 0 amide bonds. The Hall–Kier alpha value is -1.16. The van der Waals surface area contributed by atoms with Crippen molar-refractivity contribution in [3.8, 4) is 5.69 Å². The fourth-order valence-corrected chi connectivity index (χ4v) is 2.06.